The van der Waals surface area contributed by atoms with Crippen molar-refractivity contribution in [3.63, 3.8) is 0 Å². The normalized spacial score (nSPS) is 15.3. The summed E-state index contributed by atoms with van der Waals surface area (Å²) < 4.78 is 119. The van der Waals surface area contributed by atoms with Crippen molar-refractivity contribution in [2.45, 2.75) is 49.9 Å². The minimum absolute atomic E-state index is 0.0495. The van der Waals surface area contributed by atoms with Gasteiger partial charge in [-0.1, -0.05) is 25.5 Å². The molecule has 3 aromatic carbocycles. The summed E-state index contributed by atoms with van der Waals surface area (Å²) in [6, 6.07) is 10.4. The highest BCUT2D eigenvalue weighted by atomic mass is 32.2. The fourth-order valence-electron chi connectivity index (χ4n) is 5.13. The van der Waals surface area contributed by atoms with Crippen LogP contribution in [0.5, 0.6) is 5.75 Å². The number of carboxylic acids is 1. The second kappa shape index (κ2) is 14.0. The van der Waals surface area contributed by atoms with Crippen LogP contribution in [0.25, 0.3) is 11.1 Å². The van der Waals surface area contributed by atoms with E-state index in [0.717, 1.165) is 40.7 Å². The van der Waals surface area contributed by atoms with Crippen LogP contribution < -0.4 is 13.9 Å². The number of carbonyl (C=O) groups is 1. The Kier molecular flexibility index (Phi) is 10.5. The molecule has 1 aliphatic heterocycles. The highest BCUT2D eigenvalue weighted by Gasteiger charge is 2.38. The minimum Gasteiger partial charge on any atom is -0.481 e. The first kappa shape index (κ1) is 33.9. The van der Waals surface area contributed by atoms with Crippen molar-refractivity contribution < 1.29 is 54.1 Å². The van der Waals surface area contributed by atoms with Crippen molar-refractivity contribution in [2.75, 3.05) is 35.5 Å². The molecule has 0 aliphatic carbocycles. The zero-order valence-electron chi connectivity index (χ0n) is 23.9. The lowest BCUT2D eigenvalue weighted by Gasteiger charge is -2.44. The molecule has 1 atom stereocenters. The molecule has 0 saturated heterocycles. The molecule has 45 heavy (non-hydrogen) atoms. The number of nitrogens with zero attached hydrogens (tertiary/aromatic N) is 2. The number of rotatable bonds is 13. The summed E-state index contributed by atoms with van der Waals surface area (Å²) in [4.78, 5) is 12.1. The molecule has 0 fully saturated rings. The van der Waals surface area contributed by atoms with E-state index in [-0.39, 0.29) is 49.5 Å². The van der Waals surface area contributed by atoms with Gasteiger partial charge in [-0.3, -0.25) is 9.10 Å². The topological polar surface area (TPSA) is 96.4 Å². The van der Waals surface area contributed by atoms with Gasteiger partial charge in [-0.25, -0.2) is 12.8 Å². The van der Waals surface area contributed by atoms with Crippen LogP contribution in [0.1, 0.15) is 31.7 Å². The quantitative estimate of drug-likeness (QED) is 0.159. The van der Waals surface area contributed by atoms with Crippen LogP contribution in [0, 0.1) is 5.82 Å². The molecule has 0 saturated carbocycles. The number of hydrogen-bond donors (Lipinski definition) is 1. The van der Waals surface area contributed by atoms with Crippen LogP contribution in [0.3, 0.4) is 0 Å². The molecule has 1 N–H and O–H groups in total. The predicted molar refractivity (Wildman–Crippen MR) is 154 cm³/mol. The molecule has 0 spiro atoms. The maximum Gasteiger partial charge on any atom is 0.416 e. The van der Waals surface area contributed by atoms with Crippen molar-refractivity contribution in [3.05, 3.63) is 72.0 Å². The lowest BCUT2D eigenvalue weighted by Crippen LogP contribution is -2.52. The fourth-order valence-corrected chi connectivity index (χ4v) is 6.68. The minimum atomic E-state index is -4.80. The lowest BCUT2D eigenvalue weighted by atomic mass is 9.99. The first-order valence-corrected chi connectivity index (χ1v) is 15.3. The van der Waals surface area contributed by atoms with E-state index in [4.69, 9.17) is 9.84 Å². The number of halogens is 6. The number of sulfonamides is 1. The highest BCUT2D eigenvalue weighted by molar-refractivity contribution is 7.92. The SMILES string of the molecule is CCC[C@H]1CN(S(=O)(=O)c2cccc(C(F)(F)F)c2)c2cc(-c3cc(F)cc(OC(F)F)c3)ccc2N1CCOCCC(=O)O. The molecule has 15 heteroatoms. The Balaban J connectivity index is 1.83. The number of aliphatic carboxylic acids is 1. The average Bonchev–Trinajstić information content (AvgIpc) is 2.96. The highest BCUT2D eigenvalue weighted by Crippen LogP contribution is 2.43. The Morgan fingerprint density at radius 1 is 1.02 bits per heavy atom. The van der Waals surface area contributed by atoms with Gasteiger partial charge in [0.05, 0.1) is 48.0 Å². The van der Waals surface area contributed by atoms with E-state index < -0.39 is 56.8 Å². The molecule has 3 aromatic rings. The second-order valence-corrected chi connectivity index (χ2v) is 12.1. The number of hydrogen-bond acceptors (Lipinski definition) is 6. The summed E-state index contributed by atoms with van der Waals surface area (Å²) in [7, 11) is -4.59. The van der Waals surface area contributed by atoms with E-state index in [9.17, 15) is 39.6 Å². The number of alkyl halides is 5. The monoisotopic (exact) mass is 660 g/mol. The number of benzene rings is 3. The van der Waals surface area contributed by atoms with Gasteiger partial charge in [0.1, 0.15) is 11.6 Å². The van der Waals surface area contributed by atoms with Gasteiger partial charge in [-0.2, -0.15) is 22.0 Å². The maximum absolute atomic E-state index is 14.4. The van der Waals surface area contributed by atoms with Gasteiger partial charge < -0.3 is 19.5 Å². The lowest BCUT2D eigenvalue weighted by molar-refractivity contribution is -0.138. The average molecular weight is 661 g/mol. The second-order valence-electron chi connectivity index (χ2n) is 10.2. The van der Waals surface area contributed by atoms with Gasteiger partial charge in [0.15, 0.2) is 0 Å². The van der Waals surface area contributed by atoms with E-state index in [0.29, 0.717) is 24.6 Å². The number of carboxylic acid groups (broad SMARTS) is 1. The van der Waals surface area contributed by atoms with E-state index in [1.165, 1.54) is 12.1 Å². The maximum atomic E-state index is 14.4. The van der Waals surface area contributed by atoms with Crippen molar-refractivity contribution in [1.29, 1.82) is 0 Å². The van der Waals surface area contributed by atoms with Gasteiger partial charge >= 0.3 is 18.8 Å². The Morgan fingerprint density at radius 3 is 2.44 bits per heavy atom. The van der Waals surface area contributed by atoms with E-state index in [2.05, 4.69) is 4.74 Å². The number of anilines is 2. The molecule has 1 heterocycles. The van der Waals surface area contributed by atoms with E-state index in [1.807, 2.05) is 11.8 Å². The van der Waals surface area contributed by atoms with Crippen LogP contribution in [0.15, 0.2) is 65.6 Å². The summed E-state index contributed by atoms with van der Waals surface area (Å²) in [5, 5.41) is 8.88. The molecule has 0 bridgehead atoms. The molecular weight excluding hydrogens is 630 g/mol. The molecule has 0 radical (unpaired) electrons. The number of ether oxygens (including phenoxy) is 2. The predicted octanol–water partition coefficient (Wildman–Crippen LogP) is 6.79. The molecule has 8 nitrogen and oxygen atoms in total. The summed E-state index contributed by atoms with van der Waals surface area (Å²) in [6.45, 7) is -1.24. The Labute approximate surface area is 255 Å². The largest absolute Gasteiger partial charge is 0.481 e. The van der Waals surface area contributed by atoms with E-state index in [1.54, 1.807) is 6.07 Å². The first-order valence-electron chi connectivity index (χ1n) is 13.9. The third kappa shape index (κ3) is 8.19. The fraction of sp³-hybridized carbons (Fsp3) is 0.367. The number of fused-ring (bicyclic) bond motifs is 1. The van der Waals surface area contributed by atoms with Crippen LogP contribution in [-0.4, -0.2) is 58.5 Å². The molecule has 0 aromatic heterocycles. The zero-order valence-corrected chi connectivity index (χ0v) is 24.8. The van der Waals surface area contributed by atoms with Gasteiger partial charge in [0.25, 0.3) is 10.0 Å². The summed E-state index contributed by atoms with van der Waals surface area (Å²) in [5.41, 5.74) is -0.400. The van der Waals surface area contributed by atoms with Crippen LogP contribution in [0.4, 0.5) is 37.7 Å². The first-order chi connectivity index (χ1) is 21.2. The third-order valence-corrected chi connectivity index (χ3v) is 8.88. The van der Waals surface area contributed by atoms with Gasteiger partial charge in [0.2, 0.25) is 0 Å². The summed E-state index contributed by atoms with van der Waals surface area (Å²) in [6.07, 6.45) is -3.90. The van der Waals surface area contributed by atoms with Crippen molar-refractivity contribution >= 4 is 27.4 Å². The van der Waals surface area contributed by atoms with Gasteiger partial charge in [-0.15, -0.1) is 0 Å². The van der Waals surface area contributed by atoms with Crippen molar-refractivity contribution in [3.8, 4) is 16.9 Å². The van der Waals surface area contributed by atoms with Crippen molar-refractivity contribution in [1.82, 2.24) is 0 Å². The molecule has 4 rings (SSSR count). The van der Waals surface area contributed by atoms with Crippen LogP contribution >= 0.6 is 0 Å². The molecule has 244 valence electrons. The smallest absolute Gasteiger partial charge is 0.416 e. The van der Waals surface area contributed by atoms with Gasteiger partial charge in [0, 0.05) is 18.7 Å². The summed E-state index contributed by atoms with van der Waals surface area (Å²) >= 11 is 0. The molecule has 1 aliphatic rings. The standard InChI is InChI=1S/C30H30F6N2O6S/c1-2-4-23-18-38(45(41,42)25-6-3-5-21(16-25)30(34,35)36)27-15-19(20-13-22(31)17-24(14-20)44-29(32)33)7-8-26(27)37(23)10-12-43-11-9-28(39)40/h3,5-8,13-17,23,29H,2,4,9-12,18H2,1H3,(H,39,40)/t23-/m0/s1. The van der Waals surface area contributed by atoms with E-state index >= 15 is 0 Å². The molecule has 0 unspecified atom stereocenters. The molecule has 0 amide bonds. The Bertz CT molecular complexity index is 1620. The van der Waals surface area contributed by atoms with Crippen molar-refractivity contribution in [2.24, 2.45) is 0 Å². The zero-order chi connectivity index (χ0) is 32.9. The van der Waals surface area contributed by atoms with Crippen LogP contribution in [0.2, 0.25) is 0 Å². The summed E-state index contributed by atoms with van der Waals surface area (Å²) in [5.74, 6) is -2.39. The third-order valence-electron chi connectivity index (χ3n) is 7.11. The molecular formula is C30H30F6N2O6S. The Morgan fingerprint density at radius 2 is 1.78 bits per heavy atom. The Hall–Kier alpha value is -3.98. The van der Waals surface area contributed by atoms with Crippen LogP contribution in [-0.2, 0) is 25.7 Å². The van der Waals surface area contributed by atoms with Gasteiger partial charge in [-0.05, 0) is 60.0 Å².